The minimum atomic E-state index is -0.448. The first-order valence-corrected chi connectivity index (χ1v) is 22.5. The highest BCUT2D eigenvalue weighted by Gasteiger charge is 2.53. The number of rotatable bonds is 5. The second kappa shape index (κ2) is 12.9. The van der Waals surface area contributed by atoms with Gasteiger partial charge in [0.15, 0.2) is 0 Å². The second-order valence-electron chi connectivity index (χ2n) is 19.2. The smallest absolute Gasteiger partial charge is 0.0622 e. The molecule has 63 heavy (non-hydrogen) atoms. The Morgan fingerprint density at radius 1 is 0.317 bits per heavy atom. The summed E-state index contributed by atoms with van der Waals surface area (Å²) in [6, 6.07) is 75.9. The molecular weight excluding hydrogens is 757 g/mol. The van der Waals surface area contributed by atoms with Crippen LogP contribution in [-0.2, 0) is 16.2 Å². The van der Waals surface area contributed by atoms with Gasteiger partial charge in [0.2, 0.25) is 0 Å². The van der Waals surface area contributed by atoms with Gasteiger partial charge in [-0.25, -0.2) is 0 Å². The molecular formula is C63H46. The van der Waals surface area contributed by atoms with Crippen LogP contribution >= 0.6 is 0 Å². The molecule has 9 aromatic rings. The van der Waals surface area contributed by atoms with Gasteiger partial charge in [-0.05, 0) is 147 Å². The Balaban J connectivity index is 1.05. The molecule has 0 saturated heterocycles. The fourth-order valence-electron chi connectivity index (χ4n) is 12.4. The Labute approximate surface area is 370 Å². The van der Waals surface area contributed by atoms with Crippen molar-refractivity contribution >= 4 is 11.6 Å². The zero-order valence-electron chi connectivity index (χ0n) is 36.1. The van der Waals surface area contributed by atoms with Crippen molar-refractivity contribution in [2.24, 2.45) is 0 Å². The Morgan fingerprint density at radius 3 is 1.35 bits per heavy atom. The van der Waals surface area contributed by atoms with E-state index in [1.807, 2.05) is 0 Å². The van der Waals surface area contributed by atoms with Gasteiger partial charge < -0.3 is 0 Å². The van der Waals surface area contributed by atoms with E-state index in [0.717, 1.165) is 0 Å². The summed E-state index contributed by atoms with van der Waals surface area (Å²) in [5.74, 6) is 0. The van der Waals surface area contributed by atoms with Gasteiger partial charge in [0.25, 0.3) is 0 Å². The first kappa shape index (κ1) is 36.4. The fraction of sp³-hybridized carbons (Fsp3) is 0.111. The summed E-state index contributed by atoms with van der Waals surface area (Å²) in [5.41, 5.74) is 28.4. The van der Waals surface area contributed by atoms with Crippen LogP contribution in [0.5, 0.6) is 0 Å². The first-order chi connectivity index (χ1) is 30.8. The zero-order chi connectivity index (χ0) is 42.2. The van der Waals surface area contributed by atoms with Gasteiger partial charge in [-0.15, -0.1) is 0 Å². The van der Waals surface area contributed by atoms with Crippen LogP contribution in [0.2, 0.25) is 0 Å². The van der Waals surface area contributed by atoms with E-state index in [9.17, 15) is 0 Å². The van der Waals surface area contributed by atoms with Crippen LogP contribution in [0.4, 0.5) is 0 Å². The summed E-state index contributed by atoms with van der Waals surface area (Å²) >= 11 is 0. The lowest BCUT2D eigenvalue weighted by Crippen LogP contribution is -2.27. The highest BCUT2D eigenvalue weighted by Crippen LogP contribution is 2.65. The molecule has 0 radical (unpaired) electrons. The molecule has 0 aromatic heterocycles. The summed E-state index contributed by atoms with van der Waals surface area (Å²) in [4.78, 5) is 0. The Kier molecular flexibility index (Phi) is 7.44. The van der Waals surface area contributed by atoms with E-state index in [0.29, 0.717) is 0 Å². The summed E-state index contributed by atoms with van der Waals surface area (Å²) in [6.45, 7) is 9.60. The van der Waals surface area contributed by atoms with Crippen molar-refractivity contribution in [3.05, 3.63) is 261 Å². The van der Waals surface area contributed by atoms with Crippen molar-refractivity contribution in [2.45, 2.75) is 43.9 Å². The van der Waals surface area contributed by atoms with E-state index in [2.05, 4.69) is 234 Å². The Bertz CT molecular complexity index is 3380. The van der Waals surface area contributed by atoms with Crippen molar-refractivity contribution in [1.82, 2.24) is 0 Å². The highest BCUT2D eigenvalue weighted by atomic mass is 14.5. The normalized spacial score (nSPS) is 15.8. The molecule has 0 spiro atoms. The van der Waals surface area contributed by atoms with E-state index in [1.54, 1.807) is 0 Å². The van der Waals surface area contributed by atoms with Gasteiger partial charge in [0, 0.05) is 10.8 Å². The molecule has 4 aliphatic carbocycles. The van der Waals surface area contributed by atoms with Crippen LogP contribution in [0.3, 0.4) is 0 Å². The standard InChI is InChI=1S/C63H46/c1-61(2)54-26-13-9-20-44(54)47-33-30-41(37-58(47)61)52(42-31-34-49-48-32-29-40(39-17-6-5-7-18-39)36-57(48)62(3,4)59(49)38-42)35-43-19-8-12-25-53(43)63-55-27-14-10-21-45(55)50-23-16-24-51(60(50)63)46-22-11-15-28-56(46)63/h5-38H,1-4H3/b52-35-. The lowest BCUT2D eigenvalue weighted by atomic mass is 9.68. The molecule has 0 fully saturated rings. The molecule has 298 valence electrons. The second-order valence-corrected chi connectivity index (χ2v) is 19.2. The summed E-state index contributed by atoms with van der Waals surface area (Å²) in [5, 5.41) is 0. The third-order valence-corrected chi connectivity index (χ3v) is 15.3. The number of hydrogen-bond acceptors (Lipinski definition) is 0. The average molecular weight is 803 g/mol. The topological polar surface area (TPSA) is 0 Å². The summed E-state index contributed by atoms with van der Waals surface area (Å²) in [7, 11) is 0. The molecule has 0 saturated carbocycles. The Morgan fingerprint density at radius 2 is 0.746 bits per heavy atom. The zero-order valence-corrected chi connectivity index (χ0v) is 36.1. The molecule has 0 atom stereocenters. The predicted octanol–water partition coefficient (Wildman–Crippen LogP) is 15.9. The predicted molar refractivity (Wildman–Crippen MR) is 263 cm³/mol. The number of fused-ring (bicyclic) bond motifs is 12. The van der Waals surface area contributed by atoms with E-state index in [4.69, 9.17) is 0 Å². The quantitative estimate of drug-likeness (QED) is 0.152. The third-order valence-electron chi connectivity index (χ3n) is 15.3. The first-order valence-electron chi connectivity index (χ1n) is 22.5. The van der Waals surface area contributed by atoms with Crippen molar-refractivity contribution in [3.63, 3.8) is 0 Å². The molecule has 0 heterocycles. The Hall–Kier alpha value is -7.28. The van der Waals surface area contributed by atoms with Gasteiger partial charge in [-0.1, -0.05) is 210 Å². The molecule has 0 nitrogen and oxygen atoms in total. The van der Waals surface area contributed by atoms with Crippen molar-refractivity contribution in [1.29, 1.82) is 0 Å². The maximum Gasteiger partial charge on any atom is 0.0731 e. The molecule has 0 heteroatoms. The summed E-state index contributed by atoms with van der Waals surface area (Å²) < 4.78 is 0. The molecule has 4 aliphatic rings. The summed E-state index contributed by atoms with van der Waals surface area (Å²) in [6.07, 6.45) is 2.52. The highest BCUT2D eigenvalue weighted by molar-refractivity contribution is 6.01. The SMILES string of the molecule is CC1(C)c2ccccc2-c2ccc(/C(=C/c3ccccc3C34c5ccccc5-c5cccc(c53)-c3ccccc34)c3ccc4c(c3)C(C)(C)c3cc(-c5ccccc5)ccc3-4)cc21. The van der Waals surface area contributed by atoms with Gasteiger partial charge in [-0.2, -0.15) is 0 Å². The molecule has 0 N–H and O–H groups in total. The van der Waals surface area contributed by atoms with Crippen LogP contribution in [0.25, 0.3) is 67.3 Å². The average Bonchev–Trinajstić information content (AvgIpc) is 3.96. The van der Waals surface area contributed by atoms with E-state index in [1.165, 1.54) is 122 Å². The molecule has 0 bridgehead atoms. The molecule has 0 unspecified atom stereocenters. The maximum atomic E-state index is 2.52. The van der Waals surface area contributed by atoms with Gasteiger partial charge in [0.05, 0.1) is 5.41 Å². The van der Waals surface area contributed by atoms with Crippen LogP contribution in [0, 0.1) is 0 Å². The fourth-order valence-corrected chi connectivity index (χ4v) is 12.4. The molecule has 0 aliphatic heterocycles. The third kappa shape index (κ3) is 4.82. The molecule has 0 amide bonds. The lowest BCUT2D eigenvalue weighted by molar-refractivity contribution is 0.660. The van der Waals surface area contributed by atoms with E-state index >= 15 is 0 Å². The molecule has 9 aromatic carbocycles. The maximum absolute atomic E-state index is 2.52. The van der Waals surface area contributed by atoms with Crippen molar-refractivity contribution in [2.75, 3.05) is 0 Å². The van der Waals surface area contributed by atoms with Gasteiger partial charge in [-0.3, -0.25) is 0 Å². The largest absolute Gasteiger partial charge is 0.0731 e. The van der Waals surface area contributed by atoms with E-state index < -0.39 is 5.41 Å². The van der Waals surface area contributed by atoms with E-state index in [-0.39, 0.29) is 10.8 Å². The van der Waals surface area contributed by atoms with Crippen molar-refractivity contribution < 1.29 is 0 Å². The van der Waals surface area contributed by atoms with Crippen LogP contribution in [0.1, 0.15) is 88.9 Å². The monoisotopic (exact) mass is 802 g/mol. The number of hydrogen-bond donors (Lipinski definition) is 0. The minimum Gasteiger partial charge on any atom is -0.0622 e. The van der Waals surface area contributed by atoms with Crippen LogP contribution in [-0.4, -0.2) is 0 Å². The van der Waals surface area contributed by atoms with Gasteiger partial charge in [0.1, 0.15) is 0 Å². The minimum absolute atomic E-state index is 0.122. The number of benzene rings is 9. The molecule has 13 rings (SSSR count). The lowest BCUT2D eigenvalue weighted by Gasteiger charge is -2.32. The van der Waals surface area contributed by atoms with Crippen LogP contribution < -0.4 is 0 Å². The van der Waals surface area contributed by atoms with Crippen LogP contribution in [0.15, 0.2) is 200 Å². The van der Waals surface area contributed by atoms with Crippen molar-refractivity contribution in [3.8, 4) is 55.6 Å². The van der Waals surface area contributed by atoms with Gasteiger partial charge >= 0.3 is 0 Å².